The number of aryl methyl sites for hydroxylation is 1. The Morgan fingerprint density at radius 3 is 2.50 bits per heavy atom. The van der Waals surface area contributed by atoms with E-state index < -0.39 is 5.60 Å². The van der Waals surface area contributed by atoms with Gasteiger partial charge < -0.3 is 23.9 Å². The van der Waals surface area contributed by atoms with E-state index in [2.05, 4.69) is 5.32 Å². The molecule has 5 rings (SSSR count). The average molecular weight is 492 g/mol. The topological polar surface area (TPSA) is 87.0 Å². The summed E-state index contributed by atoms with van der Waals surface area (Å²) in [5.41, 5.74) is 2.37. The number of hydrogen-bond donors (Lipinski definition) is 1. The van der Waals surface area contributed by atoms with Crippen molar-refractivity contribution >= 4 is 22.7 Å². The lowest BCUT2D eigenvalue weighted by atomic mass is 9.83. The number of hydrogen-bond acceptors (Lipinski definition) is 6. The molecule has 7 nitrogen and oxygen atoms in total. The second-order valence-corrected chi connectivity index (χ2v) is 9.86. The summed E-state index contributed by atoms with van der Waals surface area (Å²) in [5.74, 6) is 1.93. The largest absolute Gasteiger partial charge is 0.493 e. The number of nitrogens with one attached hydrogen (secondary N) is 1. The Bertz CT molecular complexity index is 1300. The molecule has 2 heterocycles. The van der Waals surface area contributed by atoms with E-state index in [-0.39, 0.29) is 17.5 Å². The Morgan fingerprint density at radius 2 is 1.78 bits per heavy atom. The highest BCUT2D eigenvalue weighted by atomic mass is 16.5. The maximum atomic E-state index is 13.4. The van der Waals surface area contributed by atoms with E-state index in [0.29, 0.717) is 58.7 Å². The molecule has 1 spiro atoms. The van der Waals surface area contributed by atoms with Gasteiger partial charge in [0.15, 0.2) is 23.0 Å². The summed E-state index contributed by atoms with van der Waals surface area (Å²) in [4.78, 5) is 26.4. The number of carbonyl (C=O) groups excluding carboxylic acids is 2. The third-order valence-electron chi connectivity index (χ3n) is 7.51. The summed E-state index contributed by atoms with van der Waals surface area (Å²) in [6.45, 7) is 2.26. The fourth-order valence-corrected chi connectivity index (χ4v) is 5.64. The van der Waals surface area contributed by atoms with Crippen molar-refractivity contribution in [1.29, 1.82) is 0 Å². The van der Waals surface area contributed by atoms with E-state index in [0.717, 1.165) is 31.2 Å². The molecule has 0 radical (unpaired) electrons. The first-order chi connectivity index (χ1) is 17.4. The summed E-state index contributed by atoms with van der Waals surface area (Å²) in [5, 5.41) is 3.63. The lowest BCUT2D eigenvalue weighted by Crippen LogP contribution is -2.41. The minimum atomic E-state index is -0.393. The Kier molecular flexibility index (Phi) is 6.65. The van der Waals surface area contributed by atoms with Crippen LogP contribution in [0.2, 0.25) is 0 Å². The summed E-state index contributed by atoms with van der Waals surface area (Å²) in [6, 6.07) is 9.32. The maximum absolute atomic E-state index is 13.4. The van der Waals surface area contributed by atoms with Crippen LogP contribution in [-0.2, 0) is 6.42 Å². The first-order valence-corrected chi connectivity index (χ1v) is 12.7. The van der Waals surface area contributed by atoms with E-state index in [1.165, 1.54) is 12.8 Å². The van der Waals surface area contributed by atoms with Crippen molar-refractivity contribution in [2.45, 2.75) is 63.9 Å². The number of fused-ring (bicyclic) bond motifs is 3. The predicted molar refractivity (Wildman–Crippen MR) is 137 cm³/mol. The fourth-order valence-electron chi connectivity index (χ4n) is 5.64. The molecule has 7 heteroatoms. The quantitative estimate of drug-likeness (QED) is 0.470. The van der Waals surface area contributed by atoms with Gasteiger partial charge >= 0.3 is 0 Å². The molecule has 1 aliphatic carbocycles. The van der Waals surface area contributed by atoms with Crippen LogP contribution in [0.3, 0.4) is 0 Å². The Hall–Kier alpha value is -3.48. The minimum Gasteiger partial charge on any atom is -0.493 e. The van der Waals surface area contributed by atoms with Crippen molar-refractivity contribution in [3.8, 4) is 17.2 Å². The molecule has 0 saturated heterocycles. The van der Waals surface area contributed by atoms with E-state index in [1.54, 1.807) is 14.2 Å². The van der Waals surface area contributed by atoms with Crippen LogP contribution >= 0.6 is 0 Å². The molecule has 0 bridgehead atoms. The van der Waals surface area contributed by atoms with E-state index in [1.807, 2.05) is 37.3 Å². The molecule has 1 aliphatic heterocycles. The van der Waals surface area contributed by atoms with Crippen LogP contribution in [0.1, 0.15) is 77.0 Å². The highest BCUT2D eigenvalue weighted by Crippen LogP contribution is 2.44. The van der Waals surface area contributed by atoms with Gasteiger partial charge in [-0.05, 0) is 68.9 Å². The highest BCUT2D eigenvalue weighted by Gasteiger charge is 2.42. The van der Waals surface area contributed by atoms with Crippen LogP contribution in [0, 0.1) is 6.92 Å². The van der Waals surface area contributed by atoms with Gasteiger partial charge in [0, 0.05) is 17.5 Å². The monoisotopic (exact) mass is 491 g/mol. The van der Waals surface area contributed by atoms with E-state index in [4.69, 9.17) is 18.6 Å². The number of carbonyl (C=O) groups is 2. The number of ketones is 1. The van der Waals surface area contributed by atoms with Crippen molar-refractivity contribution in [2.24, 2.45) is 0 Å². The van der Waals surface area contributed by atoms with Gasteiger partial charge in [0.1, 0.15) is 16.9 Å². The number of methoxy groups -OCH3 is 2. The maximum Gasteiger partial charge on any atom is 0.287 e. The zero-order chi connectivity index (χ0) is 25.3. The van der Waals surface area contributed by atoms with Crippen molar-refractivity contribution in [3.05, 3.63) is 52.8 Å². The average Bonchev–Trinajstić information content (AvgIpc) is 3.06. The van der Waals surface area contributed by atoms with Gasteiger partial charge in [-0.1, -0.05) is 18.9 Å². The van der Waals surface area contributed by atoms with Gasteiger partial charge in [0.05, 0.1) is 26.2 Å². The van der Waals surface area contributed by atoms with Crippen LogP contribution in [0.5, 0.6) is 17.2 Å². The van der Waals surface area contributed by atoms with E-state index >= 15 is 0 Å². The molecular weight excluding hydrogens is 458 g/mol. The van der Waals surface area contributed by atoms with Gasteiger partial charge in [-0.15, -0.1) is 0 Å². The van der Waals surface area contributed by atoms with Gasteiger partial charge in [0.2, 0.25) is 0 Å². The molecule has 1 N–H and O–H groups in total. The molecule has 1 aromatic heterocycles. The molecule has 36 heavy (non-hydrogen) atoms. The van der Waals surface area contributed by atoms with Gasteiger partial charge in [-0.3, -0.25) is 9.59 Å². The number of benzene rings is 2. The van der Waals surface area contributed by atoms with Crippen LogP contribution in [0.25, 0.3) is 11.0 Å². The molecule has 1 fully saturated rings. The summed E-state index contributed by atoms with van der Waals surface area (Å²) in [6.07, 6.45) is 7.38. The number of amides is 1. The summed E-state index contributed by atoms with van der Waals surface area (Å²) < 4.78 is 23.1. The highest BCUT2D eigenvalue weighted by molar-refractivity contribution is 6.13. The van der Waals surface area contributed by atoms with Gasteiger partial charge in [-0.2, -0.15) is 0 Å². The molecule has 1 amide bonds. The molecule has 3 aromatic rings. The molecule has 2 aliphatic rings. The Balaban J connectivity index is 1.34. The second-order valence-electron chi connectivity index (χ2n) is 9.86. The standard InChI is InChI=1S/C29H33NO6/c1-18-25-22(10-11-23-26(25)20(31)17-29(36-23)13-6-4-5-7-14-29)35-27(18)28(32)30-15-12-19-8-9-21(33-2)24(16-19)34-3/h8-11,16H,4-7,12-15,17H2,1-3H3,(H,30,32). The molecule has 0 atom stereocenters. The first kappa shape index (κ1) is 24.2. The molecule has 1 saturated carbocycles. The van der Waals surface area contributed by atoms with Gasteiger partial charge in [-0.25, -0.2) is 0 Å². The van der Waals surface area contributed by atoms with Crippen LogP contribution in [0.4, 0.5) is 0 Å². The predicted octanol–water partition coefficient (Wildman–Crippen LogP) is 5.79. The first-order valence-electron chi connectivity index (χ1n) is 12.7. The van der Waals surface area contributed by atoms with Crippen molar-refractivity contribution in [1.82, 2.24) is 5.32 Å². The SMILES string of the molecule is COc1ccc(CCNC(=O)c2oc3ccc4c(c3c2C)C(=O)CC2(CCCCCC2)O4)cc1OC. The second kappa shape index (κ2) is 9.88. The molecule has 0 unspecified atom stereocenters. The number of furan rings is 1. The smallest absolute Gasteiger partial charge is 0.287 e. The molecule has 190 valence electrons. The molecular formula is C29H33NO6. The Morgan fingerprint density at radius 1 is 1.03 bits per heavy atom. The van der Waals surface area contributed by atoms with E-state index in [9.17, 15) is 9.59 Å². The lowest BCUT2D eigenvalue weighted by Gasteiger charge is -2.37. The van der Waals surface area contributed by atoms with Crippen molar-refractivity contribution in [3.63, 3.8) is 0 Å². The third kappa shape index (κ3) is 4.43. The zero-order valence-corrected chi connectivity index (χ0v) is 21.2. The third-order valence-corrected chi connectivity index (χ3v) is 7.51. The zero-order valence-electron chi connectivity index (χ0n) is 21.2. The minimum absolute atomic E-state index is 0.0769. The summed E-state index contributed by atoms with van der Waals surface area (Å²) in [7, 11) is 3.19. The van der Waals surface area contributed by atoms with Crippen LogP contribution in [0.15, 0.2) is 34.7 Å². The van der Waals surface area contributed by atoms with Crippen molar-refractivity contribution in [2.75, 3.05) is 20.8 Å². The lowest BCUT2D eigenvalue weighted by molar-refractivity contribution is 0.0301. The van der Waals surface area contributed by atoms with Crippen molar-refractivity contribution < 1.29 is 28.2 Å². The fraction of sp³-hybridized carbons (Fsp3) is 0.448. The number of Topliss-reactive ketones (excluding diaryl/α,β-unsaturated/α-hetero) is 1. The summed E-state index contributed by atoms with van der Waals surface area (Å²) >= 11 is 0. The normalized spacial score (nSPS) is 16.8. The Labute approximate surface area is 211 Å². The molecule has 2 aromatic carbocycles. The number of rotatable bonds is 6. The number of ether oxygens (including phenoxy) is 3. The van der Waals surface area contributed by atoms with Gasteiger partial charge in [0.25, 0.3) is 5.91 Å². The van der Waals surface area contributed by atoms with Crippen LogP contribution in [-0.4, -0.2) is 38.1 Å². The van der Waals surface area contributed by atoms with Crippen LogP contribution < -0.4 is 19.5 Å².